The molecule has 0 aromatic heterocycles. The van der Waals surface area contributed by atoms with Crippen molar-refractivity contribution in [2.24, 2.45) is 0 Å². The zero-order chi connectivity index (χ0) is 13.7. The molecule has 0 saturated carbocycles. The molecule has 0 fully saturated rings. The molecule has 0 amide bonds. The van der Waals surface area contributed by atoms with Crippen LogP contribution in [0, 0.1) is 0 Å². The molecule has 0 aliphatic rings. The first-order valence-corrected chi connectivity index (χ1v) is 6.10. The Kier molecular flexibility index (Phi) is 5.30. The van der Waals surface area contributed by atoms with Gasteiger partial charge < -0.3 is 19.3 Å². The first kappa shape index (κ1) is 14.7. The Morgan fingerprint density at radius 2 is 1.28 bits per heavy atom. The third kappa shape index (κ3) is 4.46. The van der Waals surface area contributed by atoms with Gasteiger partial charge in [-0.2, -0.15) is 0 Å². The van der Waals surface area contributed by atoms with Crippen LogP contribution >= 0.6 is 24.4 Å². The first-order valence-electron chi connectivity index (χ1n) is 5.28. The third-order valence-corrected chi connectivity index (χ3v) is 2.84. The minimum atomic E-state index is 0.391. The summed E-state index contributed by atoms with van der Waals surface area (Å²) in [7, 11) is 7.29. The van der Waals surface area contributed by atoms with Gasteiger partial charge in [-0.3, -0.25) is 0 Å². The summed E-state index contributed by atoms with van der Waals surface area (Å²) in [4.78, 5) is 3.43. The predicted molar refractivity (Wildman–Crippen MR) is 80.3 cm³/mol. The molecule has 98 valence electrons. The van der Waals surface area contributed by atoms with Gasteiger partial charge in [-0.15, -0.1) is 0 Å². The number of hydrogen-bond acceptors (Lipinski definition) is 4. The van der Waals surface area contributed by atoms with E-state index in [9.17, 15) is 0 Å². The van der Waals surface area contributed by atoms with Crippen LogP contribution in [0.4, 0.5) is 0 Å². The molecular weight excluding hydrogens is 268 g/mol. The Labute approximate surface area is 118 Å². The van der Waals surface area contributed by atoms with Gasteiger partial charge in [0.1, 0.15) is 11.5 Å². The summed E-state index contributed by atoms with van der Waals surface area (Å²) in [6.45, 7) is 0. The number of nitrogens with zero attached hydrogens (tertiary/aromatic N) is 2. The summed E-state index contributed by atoms with van der Waals surface area (Å²) in [6.07, 6.45) is 0. The van der Waals surface area contributed by atoms with Crippen molar-refractivity contribution in [2.45, 2.75) is 0 Å². The molecule has 0 saturated heterocycles. The van der Waals surface area contributed by atoms with Crippen LogP contribution in [0.2, 0.25) is 0 Å². The molecule has 1 aromatic rings. The van der Waals surface area contributed by atoms with Crippen LogP contribution < -0.4 is 9.47 Å². The third-order valence-electron chi connectivity index (χ3n) is 1.95. The van der Waals surface area contributed by atoms with Gasteiger partial charge in [0.2, 0.25) is 0 Å². The van der Waals surface area contributed by atoms with Crippen LogP contribution in [0.3, 0.4) is 0 Å². The van der Waals surface area contributed by atoms with E-state index in [2.05, 4.69) is 0 Å². The van der Waals surface area contributed by atoms with Crippen LogP contribution in [0.1, 0.15) is 0 Å². The van der Waals surface area contributed by atoms with Crippen molar-refractivity contribution in [1.82, 2.24) is 9.80 Å². The van der Waals surface area contributed by atoms with Crippen LogP contribution in [0.25, 0.3) is 0 Å². The Morgan fingerprint density at radius 3 is 1.61 bits per heavy atom. The van der Waals surface area contributed by atoms with E-state index in [4.69, 9.17) is 33.9 Å². The molecule has 0 aliphatic heterocycles. The molecule has 1 aromatic carbocycles. The average molecular weight is 284 g/mol. The highest BCUT2D eigenvalue weighted by atomic mass is 32.1. The molecule has 0 bridgehead atoms. The van der Waals surface area contributed by atoms with Gasteiger partial charge in [0.25, 0.3) is 10.3 Å². The highest BCUT2D eigenvalue weighted by Gasteiger charge is 2.06. The Balaban J connectivity index is 2.74. The second-order valence-corrected chi connectivity index (χ2v) is 4.70. The molecule has 4 nitrogen and oxygen atoms in total. The summed E-state index contributed by atoms with van der Waals surface area (Å²) in [5, 5.41) is 0.782. The number of benzene rings is 1. The summed E-state index contributed by atoms with van der Waals surface area (Å²) in [5.74, 6) is 1.24. The lowest BCUT2D eigenvalue weighted by atomic mass is 10.3. The van der Waals surface area contributed by atoms with E-state index >= 15 is 0 Å². The maximum Gasteiger partial charge on any atom is 0.264 e. The largest absolute Gasteiger partial charge is 0.432 e. The second-order valence-electron chi connectivity index (χ2n) is 4.00. The van der Waals surface area contributed by atoms with E-state index in [-0.39, 0.29) is 0 Å². The van der Waals surface area contributed by atoms with Crippen molar-refractivity contribution < 1.29 is 9.47 Å². The SMILES string of the molecule is CN(C)C(=S)Oc1cccc(OC(=S)N(C)C)c1. The number of rotatable bonds is 2. The minimum Gasteiger partial charge on any atom is -0.432 e. The first-order chi connectivity index (χ1) is 8.40. The lowest BCUT2D eigenvalue weighted by molar-refractivity contribution is 0.435. The predicted octanol–water partition coefficient (Wildman–Crippen LogP) is 2.14. The van der Waals surface area contributed by atoms with Crippen molar-refractivity contribution in [3.8, 4) is 11.5 Å². The molecule has 6 heteroatoms. The summed E-state index contributed by atoms with van der Waals surface area (Å²) >= 11 is 10.1. The summed E-state index contributed by atoms with van der Waals surface area (Å²) in [6, 6.07) is 7.18. The molecule has 0 heterocycles. The van der Waals surface area contributed by atoms with Gasteiger partial charge in [0.15, 0.2) is 0 Å². The van der Waals surface area contributed by atoms with E-state index in [1.54, 1.807) is 28.0 Å². The molecule has 0 spiro atoms. The molecule has 0 unspecified atom stereocenters. The van der Waals surface area contributed by atoms with Gasteiger partial charge in [-0.1, -0.05) is 6.07 Å². The van der Waals surface area contributed by atoms with Gasteiger partial charge in [0, 0.05) is 34.3 Å². The molecular formula is C12H16N2O2S2. The smallest absolute Gasteiger partial charge is 0.264 e. The quantitative estimate of drug-likeness (QED) is 0.772. The van der Waals surface area contributed by atoms with E-state index in [1.807, 2.05) is 34.3 Å². The number of hydrogen-bond donors (Lipinski definition) is 0. The summed E-state index contributed by atoms with van der Waals surface area (Å²) < 4.78 is 11.0. The average Bonchev–Trinajstić information content (AvgIpc) is 2.29. The second kappa shape index (κ2) is 6.51. The van der Waals surface area contributed by atoms with Gasteiger partial charge in [-0.25, -0.2) is 0 Å². The monoisotopic (exact) mass is 284 g/mol. The molecule has 0 N–H and O–H groups in total. The molecule has 0 radical (unpaired) electrons. The van der Waals surface area contributed by atoms with Crippen molar-refractivity contribution in [3.63, 3.8) is 0 Å². The maximum atomic E-state index is 5.48. The van der Waals surface area contributed by atoms with Crippen LogP contribution in [-0.2, 0) is 0 Å². The van der Waals surface area contributed by atoms with Crippen LogP contribution in [-0.4, -0.2) is 48.3 Å². The highest BCUT2D eigenvalue weighted by molar-refractivity contribution is 7.80. The topological polar surface area (TPSA) is 24.9 Å². The number of ether oxygens (including phenoxy) is 2. The molecule has 0 atom stereocenters. The minimum absolute atomic E-state index is 0.391. The van der Waals surface area contributed by atoms with E-state index in [0.717, 1.165) is 0 Å². The summed E-state index contributed by atoms with van der Waals surface area (Å²) in [5.41, 5.74) is 0. The van der Waals surface area contributed by atoms with Gasteiger partial charge in [-0.05, 0) is 36.6 Å². The molecule has 1 rings (SSSR count). The lowest BCUT2D eigenvalue weighted by Gasteiger charge is -2.16. The van der Waals surface area contributed by atoms with E-state index in [1.165, 1.54) is 0 Å². The van der Waals surface area contributed by atoms with E-state index < -0.39 is 0 Å². The fourth-order valence-electron chi connectivity index (χ4n) is 0.985. The fourth-order valence-corrected chi connectivity index (χ4v) is 1.18. The zero-order valence-electron chi connectivity index (χ0n) is 10.8. The van der Waals surface area contributed by atoms with E-state index in [0.29, 0.717) is 21.8 Å². The number of thiocarbonyl (C=S) groups is 2. The maximum absolute atomic E-state index is 5.48. The standard InChI is InChI=1S/C12H16N2O2S2/c1-13(2)11(17)15-9-6-5-7-10(8-9)16-12(18)14(3)4/h5-8H,1-4H3. The highest BCUT2D eigenvalue weighted by Crippen LogP contribution is 2.20. The Morgan fingerprint density at radius 1 is 0.889 bits per heavy atom. The normalized spacial score (nSPS) is 9.56. The fraction of sp³-hybridized carbons (Fsp3) is 0.333. The Bertz CT molecular complexity index is 410. The van der Waals surface area contributed by atoms with Crippen LogP contribution in [0.5, 0.6) is 11.5 Å². The van der Waals surface area contributed by atoms with Gasteiger partial charge in [0.05, 0.1) is 0 Å². The van der Waals surface area contributed by atoms with Crippen molar-refractivity contribution >= 4 is 34.8 Å². The molecule has 0 aliphatic carbocycles. The van der Waals surface area contributed by atoms with Gasteiger partial charge >= 0.3 is 0 Å². The van der Waals surface area contributed by atoms with Crippen molar-refractivity contribution in [1.29, 1.82) is 0 Å². The zero-order valence-corrected chi connectivity index (χ0v) is 12.5. The Hall–Kier alpha value is -1.40. The van der Waals surface area contributed by atoms with Crippen molar-refractivity contribution in [3.05, 3.63) is 24.3 Å². The van der Waals surface area contributed by atoms with Crippen molar-refractivity contribution in [2.75, 3.05) is 28.2 Å². The molecule has 18 heavy (non-hydrogen) atoms. The van der Waals surface area contributed by atoms with Crippen LogP contribution in [0.15, 0.2) is 24.3 Å². The lowest BCUT2D eigenvalue weighted by Crippen LogP contribution is -2.25.